The van der Waals surface area contributed by atoms with Crippen LogP contribution in [0.25, 0.3) is 0 Å². The Morgan fingerprint density at radius 2 is 1.55 bits per heavy atom. The highest BCUT2D eigenvalue weighted by molar-refractivity contribution is 6.30. The Balaban J connectivity index is 1.81. The van der Waals surface area contributed by atoms with Gasteiger partial charge in [0, 0.05) is 48.8 Å². The van der Waals surface area contributed by atoms with E-state index in [4.69, 9.17) is 14.2 Å². The molecule has 4 aliphatic rings. The van der Waals surface area contributed by atoms with Gasteiger partial charge >= 0.3 is 11.8 Å². The van der Waals surface area contributed by atoms with Crippen LogP contribution in [-0.2, 0) is 19.1 Å². The maximum atomic E-state index is 13.8. The molecule has 0 fully saturated rings. The minimum absolute atomic E-state index is 0.0307. The Morgan fingerprint density at radius 1 is 0.898 bits per heavy atom. The lowest BCUT2D eigenvalue weighted by molar-refractivity contribution is -0.158. The van der Waals surface area contributed by atoms with E-state index in [1.165, 1.54) is 40.0 Å². The average molecular weight is 680 g/mol. The monoisotopic (exact) mass is 679 g/mol. The van der Waals surface area contributed by atoms with E-state index < -0.39 is 82.4 Å². The van der Waals surface area contributed by atoms with Crippen LogP contribution in [0.5, 0.6) is 11.5 Å². The maximum Gasteiger partial charge on any atom is 0.312 e. The van der Waals surface area contributed by atoms with Crippen LogP contribution in [0.15, 0.2) is 47.9 Å². The van der Waals surface area contributed by atoms with Crippen LogP contribution in [0.3, 0.4) is 0 Å². The number of fused-ring (bicyclic) bond motifs is 14. The van der Waals surface area contributed by atoms with Crippen LogP contribution in [0, 0.1) is 36.5 Å². The second-order valence-corrected chi connectivity index (χ2v) is 13.5. The van der Waals surface area contributed by atoms with Gasteiger partial charge in [0.05, 0.1) is 40.9 Å². The van der Waals surface area contributed by atoms with E-state index in [0.717, 1.165) is 6.08 Å². The average Bonchev–Trinajstić information content (AvgIpc) is 3.31. The van der Waals surface area contributed by atoms with Crippen molar-refractivity contribution in [1.82, 2.24) is 5.32 Å². The number of aliphatic hydroxyl groups is 2. The molecule has 0 saturated heterocycles. The molecule has 1 aliphatic carbocycles. The molecule has 12 nitrogen and oxygen atoms in total. The van der Waals surface area contributed by atoms with Crippen LogP contribution >= 0.6 is 0 Å². The van der Waals surface area contributed by atoms with Gasteiger partial charge in [-0.15, -0.1) is 0 Å². The molecule has 4 N–H and O–H groups in total. The number of phenols is 1. The normalized spacial score (nSPS) is 34.9. The third-order valence-corrected chi connectivity index (χ3v) is 9.95. The summed E-state index contributed by atoms with van der Waals surface area (Å²) < 4.78 is 17.4. The van der Waals surface area contributed by atoms with Gasteiger partial charge in [-0.2, -0.15) is 0 Å². The van der Waals surface area contributed by atoms with Gasteiger partial charge < -0.3 is 34.8 Å². The number of phenolic OH excluding ortho intramolecular Hbond substituents is 1. The van der Waals surface area contributed by atoms with Crippen molar-refractivity contribution in [2.24, 2.45) is 29.6 Å². The number of rotatable bonds is 1. The summed E-state index contributed by atoms with van der Waals surface area (Å²) in [5, 5.41) is 36.0. The quantitative estimate of drug-likeness (QED) is 0.311. The van der Waals surface area contributed by atoms with Crippen molar-refractivity contribution in [2.45, 2.75) is 86.4 Å². The first-order valence-corrected chi connectivity index (χ1v) is 16.3. The standard InChI is InChI=1S/C37H45NO11/c1-16-13-14-47-37(9)35(45)28-26-25(40)15-24(32(44)27(26)31(43)22(7)34(28)49-37)38-36(46)18(3)12-10-11-17(2)29(41)20(5)30(42)21(6)33(19(16)4)48-23(8)39/h10-17,19-21,29-30,33,41-43H,1-9H3,(H,38,46)/b11-10+,14-13+,18-12-/t16-,17-,19+,20+,21+,29?,30+,33+,37-/m0/s1. The minimum Gasteiger partial charge on any atom is -0.507 e. The van der Waals surface area contributed by atoms with Gasteiger partial charge in [-0.3, -0.25) is 24.0 Å². The second kappa shape index (κ2) is 14.1. The van der Waals surface area contributed by atoms with E-state index in [0.29, 0.717) is 0 Å². The van der Waals surface area contributed by atoms with Gasteiger partial charge in [0.15, 0.2) is 5.78 Å². The van der Waals surface area contributed by atoms with Gasteiger partial charge in [-0.1, -0.05) is 52.8 Å². The van der Waals surface area contributed by atoms with Gasteiger partial charge in [0.1, 0.15) is 17.6 Å². The summed E-state index contributed by atoms with van der Waals surface area (Å²) in [6.07, 6.45) is 5.61. The summed E-state index contributed by atoms with van der Waals surface area (Å²) in [6.45, 7) is 14.4. The number of ketones is 3. The molecule has 0 radical (unpaired) electrons. The molecular weight excluding hydrogens is 634 g/mol. The molecule has 3 heterocycles. The van der Waals surface area contributed by atoms with E-state index in [1.807, 2.05) is 13.8 Å². The molecule has 5 rings (SSSR count). The summed E-state index contributed by atoms with van der Waals surface area (Å²) in [5.41, 5.74) is -1.20. The molecule has 1 unspecified atom stereocenters. The van der Waals surface area contributed by atoms with Gasteiger partial charge in [0.25, 0.3) is 11.7 Å². The summed E-state index contributed by atoms with van der Waals surface area (Å²) in [6, 6.07) is 0. The van der Waals surface area contributed by atoms with Gasteiger partial charge in [0.2, 0.25) is 5.78 Å². The molecule has 49 heavy (non-hydrogen) atoms. The molecular formula is C37H45NO11. The summed E-state index contributed by atoms with van der Waals surface area (Å²) in [7, 11) is 0. The van der Waals surface area contributed by atoms with Crippen LogP contribution in [-0.4, -0.2) is 68.6 Å². The van der Waals surface area contributed by atoms with Crippen LogP contribution in [0.4, 0.5) is 0 Å². The zero-order valence-corrected chi connectivity index (χ0v) is 29.2. The predicted octanol–water partition coefficient (Wildman–Crippen LogP) is 4.25. The molecule has 1 aromatic carbocycles. The van der Waals surface area contributed by atoms with Crippen LogP contribution < -0.4 is 10.1 Å². The van der Waals surface area contributed by atoms with E-state index in [2.05, 4.69) is 5.32 Å². The van der Waals surface area contributed by atoms with E-state index >= 15 is 0 Å². The number of carbonyl (C=O) groups excluding carboxylic acids is 5. The number of aliphatic hydroxyl groups excluding tert-OH is 2. The lowest BCUT2D eigenvalue weighted by Crippen LogP contribution is -2.45. The number of benzene rings is 1. The summed E-state index contributed by atoms with van der Waals surface area (Å²) >= 11 is 0. The molecule has 0 aromatic heterocycles. The largest absolute Gasteiger partial charge is 0.507 e. The Morgan fingerprint density at radius 3 is 2.18 bits per heavy atom. The fraction of sp³-hybridized carbons (Fsp3) is 0.486. The predicted molar refractivity (Wildman–Crippen MR) is 178 cm³/mol. The van der Waals surface area contributed by atoms with Crippen molar-refractivity contribution in [3.05, 3.63) is 70.2 Å². The number of Topliss-reactive ketones (excluding diaryl/α,β-unsaturated/α-hetero) is 2. The Labute approximate surface area is 285 Å². The number of allylic oxidation sites excluding steroid dienone is 5. The highest BCUT2D eigenvalue weighted by atomic mass is 16.7. The highest BCUT2D eigenvalue weighted by Crippen LogP contribution is 2.48. The first-order valence-electron chi connectivity index (χ1n) is 16.3. The van der Waals surface area contributed by atoms with Crippen molar-refractivity contribution in [2.75, 3.05) is 0 Å². The first-order chi connectivity index (χ1) is 22.8. The molecule has 3 aliphatic heterocycles. The highest BCUT2D eigenvalue weighted by Gasteiger charge is 2.51. The third-order valence-electron chi connectivity index (χ3n) is 9.95. The Bertz CT molecular complexity index is 1700. The Hall–Kier alpha value is -4.55. The van der Waals surface area contributed by atoms with Gasteiger partial charge in [-0.05, 0) is 31.8 Å². The van der Waals surface area contributed by atoms with Crippen molar-refractivity contribution in [1.29, 1.82) is 0 Å². The molecule has 5 bridgehead atoms. The zero-order valence-electron chi connectivity index (χ0n) is 29.2. The maximum absolute atomic E-state index is 13.8. The molecule has 9 atom stereocenters. The Kier molecular flexibility index (Phi) is 10.7. The molecule has 0 spiro atoms. The summed E-state index contributed by atoms with van der Waals surface area (Å²) in [5.74, 6) is -8.74. The fourth-order valence-corrected chi connectivity index (χ4v) is 6.49. The lowest BCUT2D eigenvalue weighted by Gasteiger charge is -2.37. The number of hydrogen-bond donors (Lipinski definition) is 4. The minimum atomic E-state index is -1.97. The second-order valence-electron chi connectivity index (χ2n) is 13.5. The number of ether oxygens (including phenoxy) is 3. The van der Waals surface area contributed by atoms with Crippen molar-refractivity contribution < 1.29 is 53.5 Å². The smallest absolute Gasteiger partial charge is 0.312 e. The molecule has 1 amide bonds. The SMILES string of the molecule is CC(=O)O[C@H]1[C@H](C)[C@H](O)[C@H](C)C(O)[C@@H](C)/C=C/C=C(/C)C(=O)NC2=CC(=O)c3c(c(O)c(C)c4c3C(=O)[C@@](C)(O/C=C/[C@H](C)[C@H]1C)O4)C2=O. The number of hydrogen-bond acceptors (Lipinski definition) is 11. The van der Waals surface area contributed by atoms with Crippen molar-refractivity contribution in [3.63, 3.8) is 0 Å². The topological polar surface area (TPSA) is 186 Å². The number of nitrogens with one attached hydrogen (secondary N) is 1. The van der Waals surface area contributed by atoms with Crippen molar-refractivity contribution >= 4 is 29.2 Å². The van der Waals surface area contributed by atoms with E-state index in [1.54, 1.807) is 39.0 Å². The number of amides is 1. The summed E-state index contributed by atoms with van der Waals surface area (Å²) in [4.78, 5) is 66.1. The number of esters is 1. The molecule has 264 valence electrons. The van der Waals surface area contributed by atoms with Crippen LogP contribution in [0.2, 0.25) is 0 Å². The van der Waals surface area contributed by atoms with Gasteiger partial charge in [-0.25, -0.2) is 0 Å². The number of aromatic hydroxyl groups is 1. The van der Waals surface area contributed by atoms with Crippen LogP contribution in [0.1, 0.15) is 92.0 Å². The molecule has 1 aromatic rings. The van der Waals surface area contributed by atoms with E-state index in [-0.39, 0.29) is 45.5 Å². The lowest BCUT2D eigenvalue weighted by atomic mass is 9.77. The van der Waals surface area contributed by atoms with E-state index in [9.17, 15) is 39.3 Å². The zero-order chi connectivity index (χ0) is 36.7. The fourth-order valence-electron chi connectivity index (χ4n) is 6.49. The van der Waals surface area contributed by atoms with Crippen molar-refractivity contribution in [3.8, 4) is 11.5 Å². The number of carbonyl (C=O) groups is 5. The molecule has 0 saturated carbocycles. The first kappa shape index (κ1) is 37.3. The third kappa shape index (κ3) is 6.98. The molecule has 12 heteroatoms.